The third-order valence-corrected chi connectivity index (χ3v) is 4.16. The molecule has 1 amide bonds. The summed E-state index contributed by atoms with van der Waals surface area (Å²) in [7, 11) is 0. The van der Waals surface area contributed by atoms with E-state index in [0.717, 1.165) is 29.3 Å². The zero-order chi connectivity index (χ0) is 13.1. The second kappa shape index (κ2) is 6.04. The number of amides is 1. The lowest BCUT2D eigenvalue weighted by Gasteiger charge is -2.11. The van der Waals surface area contributed by atoms with Gasteiger partial charge in [-0.2, -0.15) is 0 Å². The first-order valence-corrected chi connectivity index (χ1v) is 7.20. The highest BCUT2D eigenvalue weighted by atomic mass is 79.9. The quantitative estimate of drug-likeness (QED) is 0.895. The van der Waals surface area contributed by atoms with Crippen LogP contribution in [0.2, 0.25) is 5.02 Å². The van der Waals surface area contributed by atoms with Gasteiger partial charge in [0.15, 0.2) is 0 Å². The third kappa shape index (κ3) is 3.46. The van der Waals surface area contributed by atoms with Crippen LogP contribution >= 0.6 is 27.5 Å². The van der Waals surface area contributed by atoms with Gasteiger partial charge in [0.1, 0.15) is 0 Å². The predicted octanol–water partition coefficient (Wildman–Crippen LogP) is 2.85. The van der Waals surface area contributed by atoms with Gasteiger partial charge >= 0.3 is 0 Å². The van der Waals surface area contributed by atoms with Crippen molar-refractivity contribution in [2.45, 2.75) is 31.8 Å². The minimum Gasteiger partial charge on any atom is -0.352 e. The van der Waals surface area contributed by atoms with Crippen molar-refractivity contribution < 1.29 is 4.79 Å². The number of carbonyl (C=O) groups is 1. The van der Waals surface area contributed by atoms with Crippen molar-refractivity contribution in [1.29, 1.82) is 0 Å². The molecule has 98 valence electrons. The minimum atomic E-state index is 0.0641. The summed E-state index contributed by atoms with van der Waals surface area (Å²) in [5.74, 6) is 0.149. The molecule has 0 aliphatic heterocycles. The first kappa shape index (κ1) is 13.8. The summed E-state index contributed by atoms with van der Waals surface area (Å²) in [6.45, 7) is 0.469. The molecule has 1 fully saturated rings. The monoisotopic (exact) mass is 330 g/mol. The second-order valence-electron chi connectivity index (χ2n) is 4.72. The van der Waals surface area contributed by atoms with Crippen LogP contribution < -0.4 is 11.1 Å². The molecule has 2 atom stereocenters. The van der Waals surface area contributed by atoms with E-state index in [0.29, 0.717) is 11.6 Å². The lowest BCUT2D eigenvalue weighted by molar-refractivity contribution is -0.125. The molecule has 0 aromatic heterocycles. The van der Waals surface area contributed by atoms with Gasteiger partial charge in [0.05, 0.1) is 0 Å². The topological polar surface area (TPSA) is 55.1 Å². The van der Waals surface area contributed by atoms with E-state index in [1.807, 2.05) is 18.2 Å². The Morgan fingerprint density at radius 2 is 2.28 bits per heavy atom. The number of hydrogen-bond donors (Lipinski definition) is 2. The van der Waals surface area contributed by atoms with Crippen LogP contribution in [-0.2, 0) is 11.3 Å². The van der Waals surface area contributed by atoms with Crippen molar-refractivity contribution >= 4 is 33.4 Å². The summed E-state index contributed by atoms with van der Waals surface area (Å²) in [6.07, 6.45) is 2.62. The molecule has 5 heteroatoms. The van der Waals surface area contributed by atoms with E-state index in [-0.39, 0.29) is 17.9 Å². The Kier molecular flexibility index (Phi) is 4.65. The zero-order valence-corrected chi connectivity index (χ0v) is 12.3. The van der Waals surface area contributed by atoms with Crippen molar-refractivity contribution in [2.75, 3.05) is 0 Å². The average molecular weight is 332 g/mol. The van der Waals surface area contributed by atoms with Gasteiger partial charge in [-0.05, 0) is 37.0 Å². The summed E-state index contributed by atoms with van der Waals surface area (Å²) >= 11 is 9.45. The van der Waals surface area contributed by atoms with Gasteiger partial charge in [-0.1, -0.05) is 33.6 Å². The molecule has 0 saturated heterocycles. The standard InChI is InChI=1S/C13H16BrClN2O/c14-10-3-1-9(12(15)6-10)7-17-13(18)8-2-4-11(16)5-8/h1,3,6,8,11H,2,4-5,7,16H2,(H,17,18). The van der Waals surface area contributed by atoms with Crippen molar-refractivity contribution in [3.8, 4) is 0 Å². The summed E-state index contributed by atoms with van der Waals surface area (Å²) in [6, 6.07) is 5.83. The molecule has 1 aliphatic rings. The predicted molar refractivity (Wildman–Crippen MR) is 76.3 cm³/mol. The molecule has 0 heterocycles. The SMILES string of the molecule is NC1CCC(C(=O)NCc2ccc(Br)cc2Cl)C1. The minimum absolute atomic E-state index is 0.0641. The fourth-order valence-electron chi connectivity index (χ4n) is 2.25. The maximum absolute atomic E-state index is 11.9. The van der Waals surface area contributed by atoms with Gasteiger partial charge in [0, 0.05) is 28.0 Å². The van der Waals surface area contributed by atoms with Crippen LogP contribution in [0.15, 0.2) is 22.7 Å². The molecular formula is C13H16BrClN2O. The number of benzene rings is 1. The molecule has 0 radical (unpaired) electrons. The van der Waals surface area contributed by atoms with Crippen LogP contribution in [0, 0.1) is 5.92 Å². The molecule has 2 unspecified atom stereocenters. The zero-order valence-electron chi connectivity index (χ0n) is 9.96. The maximum Gasteiger partial charge on any atom is 0.223 e. The molecule has 1 saturated carbocycles. The van der Waals surface area contributed by atoms with Crippen molar-refractivity contribution in [3.05, 3.63) is 33.3 Å². The molecular weight excluding hydrogens is 316 g/mol. The maximum atomic E-state index is 11.9. The van der Waals surface area contributed by atoms with E-state index >= 15 is 0 Å². The number of nitrogens with two attached hydrogens (primary N) is 1. The van der Waals surface area contributed by atoms with E-state index in [9.17, 15) is 4.79 Å². The molecule has 1 aromatic rings. The summed E-state index contributed by atoms with van der Waals surface area (Å²) in [5.41, 5.74) is 6.73. The number of rotatable bonds is 3. The number of nitrogens with one attached hydrogen (secondary N) is 1. The van der Waals surface area contributed by atoms with E-state index in [1.165, 1.54) is 0 Å². The molecule has 3 nitrogen and oxygen atoms in total. The lowest BCUT2D eigenvalue weighted by atomic mass is 10.1. The number of hydrogen-bond acceptors (Lipinski definition) is 2. The van der Waals surface area contributed by atoms with Gasteiger partial charge in [0.25, 0.3) is 0 Å². The van der Waals surface area contributed by atoms with Gasteiger partial charge in [-0.15, -0.1) is 0 Å². The molecule has 0 spiro atoms. The lowest BCUT2D eigenvalue weighted by Crippen LogP contribution is -2.30. The highest BCUT2D eigenvalue weighted by Gasteiger charge is 2.27. The molecule has 3 N–H and O–H groups in total. The first-order chi connectivity index (χ1) is 8.56. The number of carbonyl (C=O) groups excluding carboxylic acids is 1. The van der Waals surface area contributed by atoms with E-state index in [4.69, 9.17) is 17.3 Å². The molecule has 1 aromatic carbocycles. The molecule has 2 rings (SSSR count). The average Bonchev–Trinajstić information content (AvgIpc) is 2.74. The van der Waals surface area contributed by atoms with Crippen LogP contribution in [0.25, 0.3) is 0 Å². The summed E-state index contributed by atoms with van der Waals surface area (Å²) < 4.78 is 0.935. The van der Waals surface area contributed by atoms with Crippen LogP contribution in [0.5, 0.6) is 0 Å². The molecule has 0 bridgehead atoms. The normalized spacial score (nSPS) is 23.1. The van der Waals surface area contributed by atoms with E-state index < -0.39 is 0 Å². The first-order valence-electron chi connectivity index (χ1n) is 6.03. The Morgan fingerprint density at radius 1 is 1.50 bits per heavy atom. The van der Waals surface area contributed by atoms with Gasteiger partial charge < -0.3 is 11.1 Å². The van der Waals surface area contributed by atoms with Gasteiger partial charge in [-0.25, -0.2) is 0 Å². The Hall–Kier alpha value is -0.580. The fraction of sp³-hybridized carbons (Fsp3) is 0.462. The van der Waals surface area contributed by atoms with Crippen molar-refractivity contribution in [2.24, 2.45) is 11.7 Å². The third-order valence-electron chi connectivity index (χ3n) is 3.31. The Morgan fingerprint density at radius 3 is 2.89 bits per heavy atom. The highest BCUT2D eigenvalue weighted by Crippen LogP contribution is 2.25. The second-order valence-corrected chi connectivity index (χ2v) is 6.05. The van der Waals surface area contributed by atoms with E-state index in [2.05, 4.69) is 21.2 Å². The van der Waals surface area contributed by atoms with E-state index in [1.54, 1.807) is 0 Å². The van der Waals surface area contributed by atoms with Crippen LogP contribution in [0.3, 0.4) is 0 Å². The highest BCUT2D eigenvalue weighted by molar-refractivity contribution is 9.10. The van der Waals surface area contributed by atoms with Gasteiger partial charge in [-0.3, -0.25) is 4.79 Å². The van der Waals surface area contributed by atoms with Gasteiger partial charge in [0.2, 0.25) is 5.91 Å². The summed E-state index contributed by atoms with van der Waals surface area (Å²) in [4.78, 5) is 11.9. The number of halogens is 2. The van der Waals surface area contributed by atoms with Crippen molar-refractivity contribution in [1.82, 2.24) is 5.32 Å². The molecule has 18 heavy (non-hydrogen) atoms. The Balaban J connectivity index is 1.89. The Bertz CT molecular complexity index is 453. The smallest absolute Gasteiger partial charge is 0.223 e. The Labute approximate surface area is 120 Å². The fourth-order valence-corrected chi connectivity index (χ4v) is 2.99. The summed E-state index contributed by atoms with van der Waals surface area (Å²) in [5, 5.41) is 3.59. The van der Waals surface area contributed by atoms with Crippen LogP contribution in [-0.4, -0.2) is 11.9 Å². The molecule has 1 aliphatic carbocycles. The van der Waals surface area contributed by atoms with Crippen molar-refractivity contribution in [3.63, 3.8) is 0 Å². The van der Waals surface area contributed by atoms with Crippen LogP contribution in [0.4, 0.5) is 0 Å². The van der Waals surface area contributed by atoms with Crippen LogP contribution in [0.1, 0.15) is 24.8 Å². The largest absolute Gasteiger partial charge is 0.352 e.